The molecule has 0 aliphatic heterocycles. The maximum Gasteiger partial charge on any atom is 0.142 e. The van der Waals surface area contributed by atoms with Crippen LogP contribution in [0.15, 0.2) is 30.3 Å². The molecule has 1 aromatic carbocycles. The van der Waals surface area contributed by atoms with Gasteiger partial charge >= 0.3 is 0 Å². The van der Waals surface area contributed by atoms with Gasteiger partial charge in [0.2, 0.25) is 0 Å². The van der Waals surface area contributed by atoms with Gasteiger partial charge in [-0.25, -0.2) is 0 Å². The molecular formula is C11H12OS. The Kier molecular flexibility index (Phi) is 4.33. The molecule has 0 aliphatic rings. The first kappa shape index (κ1) is 10.1. The number of allylic oxidation sites excluding steroid dienone is 1. The molecule has 0 saturated carbocycles. The number of benzene rings is 1. The summed E-state index contributed by atoms with van der Waals surface area (Å²) in [6, 6.07) is 8.10. The molecule has 0 amide bonds. The molecule has 0 atom stereocenters. The van der Waals surface area contributed by atoms with Crippen LogP contribution in [-0.2, 0) is 10.5 Å². The number of carbonyl (C=O) groups excluding carboxylic acids is 1. The summed E-state index contributed by atoms with van der Waals surface area (Å²) in [5, 5.41) is 0. The Morgan fingerprint density at radius 2 is 2.15 bits per heavy atom. The summed E-state index contributed by atoms with van der Waals surface area (Å²) in [5.41, 5.74) is 2.40. The minimum Gasteiger partial charge on any atom is -0.299 e. The van der Waals surface area contributed by atoms with Crippen LogP contribution >= 0.6 is 11.8 Å². The molecule has 13 heavy (non-hydrogen) atoms. The number of rotatable bonds is 4. The van der Waals surface area contributed by atoms with Gasteiger partial charge in [0, 0.05) is 5.75 Å². The van der Waals surface area contributed by atoms with Gasteiger partial charge in [-0.1, -0.05) is 30.3 Å². The Morgan fingerprint density at radius 1 is 1.38 bits per heavy atom. The van der Waals surface area contributed by atoms with Crippen molar-refractivity contribution in [2.75, 3.05) is 6.26 Å². The van der Waals surface area contributed by atoms with Gasteiger partial charge in [0.15, 0.2) is 0 Å². The molecule has 0 aromatic heterocycles. The maximum atomic E-state index is 10.2. The summed E-state index contributed by atoms with van der Waals surface area (Å²) in [6.45, 7) is 0. The quantitative estimate of drug-likeness (QED) is 0.539. The highest BCUT2D eigenvalue weighted by Crippen LogP contribution is 2.15. The first-order valence-electron chi connectivity index (χ1n) is 4.07. The van der Waals surface area contributed by atoms with Crippen molar-refractivity contribution in [3.63, 3.8) is 0 Å². The molecule has 68 valence electrons. The lowest BCUT2D eigenvalue weighted by Crippen LogP contribution is -1.84. The van der Waals surface area contributed by atoms with E-state index in [4.69, 9.17) is 0 Å². The van der Waals surface area contributed by atoms with Crippen LogP contribution in [-0.4, -0.2) is 12.5 Å². The van der Waals surface area contributed by atoms with Crippen LogP contribution < -0.4 is 0 Å². The summed E-state index contributed by atoms with van der Waals surface area (Å²) >= 11 is 1.78. The summed E-state index contributed by atoms with van der Waals surface area (Å²) in [4.78, 5) is 10.2. The lowest BCUT2D eigenvalue weighted by molar-refractivity contribution is -0.104. The highest BCUT2D eigenvalue weighted by Gasteiger charge is 1.95. The maximum absolute atomic E-state index is 10.2. The fraction of sp³-hybridized carbons (Fsp3) is 0.182. The second-order valence-corrected chi connectivity index (χ2v) is 3.49. The van der Waals surface area contributed by atoms with E-state index in [1.54, 1.807) is 11.8 Å². The molecule has 2 heteroatoms. The van der Waals surface area contributed by atoms with Crippen molar-refractivity contribution in [2.24, 2.45) is 0 Å². The van der Waals surface area contributed by atoms with Gasteiger partial charge in [-0.2, -0.15) is 11.8 Å². The third-order valence-electron chi connectivity index (χ3n) is 1.71. The zero-order valence-electron chi connectivity index (χ0n) is 7.57. The third kappa shape index (κ3) is 3.07. The fourth-order valence-electron chi connectivity index (χ4n) is 1.13. The number of thioether (sulfide) groups is 1. The Balaban J connectivity index is 2.90. The third-order valence-corrected chi connectivity index (χ3v) is 2.31. The monoisotopic (exact) mass is 192 g/mol. The molecule has 0 fully saturated rings. The van der Waals surface area contributed by atoms with E-state index in [0.717, 1.165) is 17.6 Å². The van der Waals surface area contributed by atoms with Gasteiger partial charge < -0.3 is 0 Å². The molecule has 1 rings (SSSR count). The number of hydrogen-bond donors (Lipinski definition) is 0. The molecule has 0 heterocycles. The second-order valence-electron chi connectivity index (χ2n) is 2.63. The van der Waals surface area contributed by atoms with Crippen molar-refractivity contribution in [3.8, 4) is 0 Å². The van der Waals surface area contributed by atoms with Gasteiger partial charge in [-0.3, -0.25) is 4.79 Å². The summed E-state index contributed by atoms with van der Waals surface area (Å²) in [7, 11) is 0. The van der Waals surface area contributed by atoms with Gasteiger partial charge in [0.1, 0.15) is 6.29 Å². The molecular weight excluding hydrogens is 180 g/mol. The lowest BCUT2D eigenvalue weighted by atomic mass is 10.1. The van der Waals surface area contributed by atoms with Crippen molar-refractivity contribution >= 4 is 24.1 Å². The van der Waals surface area contributed by atoms with Crippen molar-refractivity contribution in [3.05, 3.63) is 41.5 Å². The van der Waals surface area contributed by atoms with Crippen LogP contribution in [0.4, 0.5) is 0 Å². The van der Waals surface area contributed by atoms with Gasteiger partial charge in [-0.05, 0) is 23.5 Å². The zero-order valence-corrected chi connectivity index (χ0v) is 8.38. The van der Waals surface area contributed by atoms with Crippen LogP contribution in [0.1, 0.15) is 11.1 Å². The van der Waals surface area contributed by atoms with E-state index in [2.05, 4.69) is 12.3 Å². The number of aldehydes is 1. The first-order valence-corrected chi connectivity index (χ1v) is 5.46. The number of carbonyl (C=O) groups is 1. The van der Waals surface area contributed by atoms with Crippen LogP contribution in [0, 0.1) is 0 Å². The molecule has 0 spiro atoms. The predicted octanol–water partition coefficient (Wildman–Crippen LogP) is 2.76. The van der Waals surface area contributed by atoms with Crippen molar-refractivity contribution in [1.29, 1.82) is 0 Å². The van der Waals surface area contributed by atoms with E-state index >= 15 is 0 Å². The molecule has 0 aliphatic carbocycles. The van der Waals surface area contributed by atoms with E-state index < -0.39 is 0 Å². The number of hydrogen-bond acceptors (Lipinski definition) is 2. The topological polar surface area (TPSA) is 17.1 Å². The zero-order chi connectivity index (χ0) is 9.52. The summed E-state index contributed by atoms with van der Waals surface area (Å²) in [5.74, 6) is 0.985. The smallest absolute Gasteiger partial charge is 0.142 e. The summed E-state index contributed by atoms with van der Waals surface area (Å²) in [6.07, 6.45) is 6.24. The van der Waals surface area contributed by atoms with Gasteiger partial charge in [0.25, 0.3) is 0 Å². The Bertz CT molecular complexity index is 305. The minimum absolute atomic E-state index is 0.801. The normalized spacial score (nSPS) is 10.5. The van der Waals surface area contributed by atoms with Crippen LogP contribution in [0.25, 0.3) is 6.08 Å². The Morgan fingerprint density at radius 3 is 2.85 bits per heavy atom. The van der Waals surface area contributed by atoms with E-state index in [9.17, 15) is 4.79 Å². The Labute approximate surface area is 82.9 Å². The van der Waals surface area contributed by atoms with Crippen molar-refractivity contribution in [2.45, 2.75) is 5.75 Å². The van der Waals surface area contributed by atoms with E-state index in [1.807, 2.05) is 24.3 Å². The van der Waals surface area contributed by atoms with Crippen LogP contribution in [0.3, 0.4) is 0 Å². The van der Waals surface area contributed by atoms with Crippen LogP contribution in [0.5, 0.6) is 0 Å². The molecule has 0 saturated heterocycles. The lowest BCUT2D eigenvalue weighted by Gasteiger charge is -2.02. The van der Waals surface area contributed by atoms with E-state index in [1.165, 1.54) is 11.6 Å². The molecule has 0 N–H and O–H groups in total. The highest BCUT2D eigenvalue weighted by molar-refractivity contribution is 7.97. The fourth-order valence-corrected chi connectivity index (χ4v) is 1.70. The van der Waals surface area contributed by atoms with Gasteiger partial charge in [-0.15, -0.1) is 0 Å². The summed E-state index contributed by atoms with van der Waals surface area (Å²) < 4.78 is 0. The van der Waals surface area contributed by atoms with Crippen molar-refractivity contribution < 1.29 is 4.79 Å². The van der Waals surface area contributed by atoms with Crippen LogP contribution in [0.2, 0.25) is 0 Å². The largest absolute Gasteiger partial charge is 0.299 e. The molecule has 0 bridgehead atoms. The van der Waals surface area contributed by atoms with E-state index in [0.29, 0.717) is 0 Å². The predicted molar refractivity (Wildman–Crippen MR) is 58.8 cm³/mol. The molecule has 1 nitrogen and oxygen atoms in total. The first-order chi connectivity index (χ1) is 6.38. The molecule has 0 radical (unpaired) electrons. The van der Waals surface area contributed by atoms with Gasteiger partial charge in [0.05, 0.1) is 0 Å². The highest BCUT2D eigenvalue weighted by atomic mass is 32.2. The van der Waals surface area contributed by atoms with E-state index in [-0.39, 0.29) is 0 Å². The minimum atomic E-state index is 0.801. The average Bonchev–Trinajstić information content (AvgIpc) is 2.17. The average molecular weight is 192 g/mol. The molecule has 0 unspecified atom stereocenters. The SMILES string of the molecule is CSCc1ccccc1/C=C/C=O. The standard InChI is InChI=1S/C11H12OS/c1-13-9-11-6-3-2-5-10(11)7-4-8-12/h2-8H,9H2,1H3/b7-4+. The Hall–Kier alpha value is -1.02. The molecule has 1 aromatic rings. The second kappa shape index (κ2) is 5.60. The van der Waals surface area contributed by atoms with Crippen molar-refractivity contribution in [1.82, 2.24) is 0 Å².